The SMILES string of the molecule is O[C@@]12CC[C@@H]([C@@H]3C[C@@H]3C1)[C@@H]1C[C@@H]12. The van der Waals surface area contributed by atoms with Gasteiger partial charge in [-0.2, -0.15) is 0 Å². The second-order valence-corrected chi connectivity index (χ2v) is 5.68. The van der Waals surface area contributed by atoms with E-state index in [1.165, 1.54) is 19.3 Å². The Labute approximate surface area is 73.2 Å². The minimum Gasteiger partial charge on any atom is -0.390 e. The normalized spacial score (nSPS) is 71.2. The van der Waals surface area contributed by atoms with Gasteiger partial charge in [0.2, 0.25) is 0 Å². The van der Waals surface area contributed by atoms with E-state index in [-0.39, 0.29) is 5.60 Å². The summed E-state index contributed by atoms with van der Waals surface area (Å²) in [5.74, 6) is 4.74. The molecule has 1 heteroatoms. The van der Waals surface area contributed by atoms with Crippen molar-refractivity contribution in [3.05, 3.63) is 0 Å². The topological polar surface area (TPSA) is 20.2 Å². The summed E-state index contributed by atoms with van der Waals surface area (Å²) in [4.78, 5) is 0. The molecule has 12 heavy (non-hydrogen) atoms. The molecule has 0 aliphatic heterocycles. The Morgan fingerprint density at radius 1 is 1.08 bits per heavy atom. The van der Waals surface area contributed by atoms with Gasteiger partial charge in [0.25, 0.3) is 0 Å². The standard InChI is InChI=1S/C11H16O/c12-11-2-1-7(9-4-10(9)11)8-3-6(8)5-11/h6-10,12H,1-5H2/t6-,7+,8-,9+,10+,11+/m1/s1. The van der Waals surface area contributed by atoms with Crippen LogP contribution in [0.4, 0.5) is 0 Å². The molecule has 5 rings (SSSR count). The molecule has 0 heterocycles. The van der Waals surface area contributed by atoms with Crippen LogP contribution >= 0.6 is 0 Å². The highest BCUT2D eigenvalue weighted by Crippen LogP contribution is 2.70. The fourth-order valence-corrected chi connectivity index (χ4v) is 4.39. The maximum atomic E-state index is 10.4. The molecule has 5 fully saturated rings. The number of hydrogen-bond donors (Lipinski definition) is 1. The van der Waals surface area contributed by atoms with Gasteiger partial charge >= 0.3 is 0 Å². The van der Waals surface area contributed by atoms with Crippen LogP contribution < -0.4 is 0 Å². The second kappa shape index (κ2) is 1.61. The average molecular weight is 164 g/mol. The lowest BCUT2D eigenvalue weighted by atomic mass is 9.78. The summed E-state index contributed by atoms with van der Waals surface area (Å²) in [6, 6.07) is 0. The molecule has 0 radical (unpaired) electrons. The van der Waals surface area contributed by atoms with Gasteiger partial charge < -0.3 is 5.11 Å². The lowest BCUT2D eigenvalue weighted by Crippen LogP contribution is -2.35. The Hall–Kier alpha value is -0.0400. The maximum absolute atomic E-state index is 10.4. The van der Waals surface area contributed by atoms with Gasteiger partial charge in [-0.25, -0.2) is 0 Å². The lowest BCUT2D eigenvalue weighted by Gasteiger charge is -2.33. The molecule has 66 valence electrons. The third-order valence-corrected chi connectivity index (χ3v) is 5.13. The van der Waals surface area contributed by atoms with Crippen molar-refractivity contribution in [3.8, 4) is 0 Å². The van der Waals surface area contributed by atoms with Crippen LogP contribution in [0.25, 0.3) is 0 Å². The van der Waals surface area contributed by atoms with Gasteiger partial charge in [0, 0.05) is 0 Å². The van der Waals surface area contributed by atoms with Gasteiger partial charge in [0.05, 0.1) is 5.60 Å². The molecule has 5 aliphatic carbocycles. The monoisotopic (exact) mass is 164 g/mol. The highest BCUT2D eigenvalue weighted by atomic mass is 16.3. The number of rotatable bonds is 0. The average Bonchev–Trinajstić information content (AvgIpc) is 2.73. The first-order valence-corrected chi connectivity index (χ1v) is 5.50. The van der Waals surface area contributed by atoms with Crippen LogP contribution in [0.15, 0.2) is 0 Å². The van der Waals surface area contributed by atoms with E-state index in [4.69, 9.17) is 0 Å². The van der Waals surface area contributed by atoms with Crippen LogP contribution in [0.1, 0.15) is 32.1 Å². The van der Waals surface area contributed by atoms with Gasteiger partial charge in [0.15, 0.2) is 0 Å². The molecule has 1 nitrogen and oxygen atoms in total. The first-order chi connectivity index (χ1) is 5.78. The minimum absolute atomic E-state index is 0.183. The number of hydrogen-bond acceptors (Lipinski definition) is 1. The zero-order valence-electron chi connectivity index (χ0n) is 7.37. The summed E-state index contributed by atoms with van der Waals surface area (Å²) in [5, 5.41) is 10.4. The van der Waals surface area contributed by atoms with Crippen molar-refractivity contribution >= 4 is 0 Å². The molecule has 5 saturated carbocycles. The molecule has 0 aromatic carbocycles. The van der Waals surface area contributed by atoms with Crippen LogP contribution in [0.3, 0.4) is 0 Å². The van der Waals surface area contributed by atoms with E-state index in [0.717, 1.165) is 42.4 Å². The summed E-state index contributed by atoms with van der Waals surface area (Å²) in [6.07, 6.45) is 6.46. The largest absolute Gasteiger partial charge is 0.390 e. The molecule has 5 aliphatic rings. The summed E-state index contributed by atoms with van der Waals surface area (Å²) in [5.41, 5.74) is -0.183. The number of fused-ring (bicyclic) bond motifs is 1. The molecule has 0 unspecified atom stereocenters. The van der Waals surface area contributed by atoms with Crippen molar-refractivity contribution in [2.75, 3.05) is 0 Å². The molecule has 0 aromatic heterocycles. The third kappa shape index (κ3) is 0.585. The lowest BCUT2D eigenvalue weighted by molar-refractivity contribution is -0.0231. The summed E-state index contributed by atoms with van der Waals surface area (Å²) < 4.78 is 0. The summed E-state index contributed by atoms with van der Waals surface area (Å²) in [7, 11) is 0. The Morgan fingerprint density at radius 3 is 2.92 bits per heavy atom. The quantitative estimate of drug-likeness (QED) is 0.579. The van der Waals surface area contributed by atoms with E-state index in [1.54, 1.807) is 0 Å². The van der Waals surface area contributed by atoms with Gasteiger partial charge in [-0.1, -0.05) is 0 Å². The Bertz CT molecular complexity index is 249. The van der Waals surface area contributed by atoms with E-state index >= 15 is 0 Å². The van der Waals surface area contributed by atoms with Crippen LogP contribution in [0.2, 0.25) is 0 Å². The van der Waals surface area contributed by atoms with Gasteiger partial charge in [-0.3, -0.25) is 0 Å². The van der Waals surface area contributed by atoms with E-state index in [9.17, 15) is 5.11 Å². The number of aliphatic hydroxyl groups is 1. The molecule has 6 atom stereocenters. The van der Waals surface area contributed by atoms with E-state index in [0.29, 0.717) is 0 Å². The zero-order valence-corrected chi connectivity index (χ0v) is 7.37. The summed E-state index contributed by atoms with van der Waals surface area (Å²) in [6.45, 7) is 0. The van der Waals surface area contributed by atoms with E-state index in [2.05, 4.69) is 0 Å². The van der Waals surface area contributed by atoms with Gasteiger partial charge in [-0.15, -0.1) is 0 Å². The first kappa shape index (κ1) is 6.42. The fraction of sp³-hybridized carbons (Fsp3) is 1.00. The second-order valence-electron chi connectivity index (χ2n) is 5.68. The van der Waals surface area contributed by atoms with Crippen LogP contribution in [-0.4, -0.2) is 10.7 Å². The van der Waals surface area contributed by atoms with Crippen LogP contribution in [0, 0.1) is 29.6 Å². The fourth-order valence-electron chi connectivity index (χ4n) is 4.39. The van der Waals surface area contributed by atoms with Crippen molar-refractivity contribution in [3.63, 3.8) is 0 Å². The summed E-state index contributed by atoms with van der Waals surface area (Å²) >= 11 is 0. The molecule has 0 amide bonds. The smallest absolute Gasteiger partial charge is 0.0681 e. The Morgan fingerprint density at radius 2 is 2.00 bits per heavy atom. The van der Waals surface area contributed by atoms with Crippen LogP contribution in [0.5, 0.6) is 0 Å². The van der Waals surface area contributed by atoms with Crippen molar-refractivity contribution < 1.29 is 5.11 Å². The van der Waals surface area contributed by atoms with Gasteiger partial charge in [0.1, 0.15) is 0 Å². The molecule has 1 N–H and O–H groups in total. The predicted molar refractivity (Wildman–Crippen MR) is 45.5 cm³/mol. The van der Waals surface area contributed by atoms with E-state index in [1.807, 2.05) is 0 Å². The van der Waals surface area contributed by atoms with Crippen LogP contribution in [-0.2, 0) is 0 Å². The molecular formula is C11H16O. The molecular weight excluding hydrogens is 148 g/mol. The highest BCUT2D eigenvalue weighted by molar-refractivity contribution is 5.16. The molecule has 0 saturated heterocycles. The zero-order chi connectivity index (χ0) is 7.92. The van der Waals surface area contributed by atoms with Gasteiger partial charge in [-0.05, 0) is 61.7 Å². The van der Waals surface area contributed by atoms with Crippen molar-refractivity contribution in [1.82, 2.24) is 0 Å². The Balaban J connectivity index is 1.81. The Kier molecular flexibility index (Phi) is 0.863. The molecule has 0 aromatic rings. The van der Waals surface area contributed by atoms with E-state index < -0.39 is 0 Å². The first-order valence-electron chi connectivity index (χ1n) is 5.50. The van der Waals surface area contributed by atoms with Crippen molar-refractivity contribution in [2.45, 2.75) is 37.7 Å². The minimum atomic E-state index is -0.183. The maximum Gasteiger partial charge on any atom is 0.0681 e. The van der Waals surface area contributed by atoms with Crippen molar-refractivity contribution in [1.29, 1.82) is 0 Å². The van der Waals surface area contributed by atoms with Crippen molar-refractivity contribution in [2.24, 2.45) is 29.6 Å². The molecule has 2 bridgehead atoms. The highest BCUT2D eigenvalue weighted by Gasteiger charge is 2.66. The predicted octanol–water partition coefficient (Wildman–Crippen LogP) is 1.80. The third-order valence-electron chi connectivity index (χ3n) is 5.13. The molecule has 0 spiro atoms.